The highest BCUT2D eigenvalue weighted by Gasteiger charge is 2.50. The van der Waals surface area contributed by atoms with Gasteiger partial charge >= 0.3 is 0 Å². The smallest absolute Gasteiger partial charge is 0.244 e. The molecule has 8 heteroatoms. The predicted octanol–water partition coefficient (Wildman–Crippen LogP) is 0.511. The van der Waals surface area contributed by atoms with Crippen LogP contribution in [0.5, 0.6) is 5.75 Å². The molecule has 3 rings (SSSR count). The lowest BCUT2D eigenvalue weighted by atomic mass is 9.94. The maximum absolute atomic E-state index is 13.2. The number of anilines is 1. The zero-order valence-electron chi connectivity index (χ0n) is 15.4. The molecule has 0 aromatic heterocycles. The number of piperidine rings is 1. The van der Waals surface area contributed by atoms with Crippen molar-refractivity contribution in [3.05, 3.63) is 24.3 Å². The van der Waals surface area contributed by atoms with Crippen LogP contribution in [0, 0.1) is 0 Å². The van der Waals surface area contributed by atoms with Crippen molar-refractivity contribution in [1.82, 2.24) is 10.2 Å². The first-order chi connectivity index (χ1) is 12.4. The molecular formula is C18H27N3O4S. The van der Waals surface area contributed by atoms with Crippen molar-refractivity contribution in [3.8, 4) is 5.75 Å². The van der Waals surface area contributed by atoms with Crippen LogP contribution in [0.1, 0.15) is 12.8 Å². The van der Waals surface area contributed by atoms with E-state index in [-0.39, 0.29) is 5.91 Å². The number of sulfone groups is 1. The van der Waals surface area contributed by atoms with E-state index in [9.17, 15) is 13.2 Å². The molecule has 2 aliphatic heterocycles. The standard InChI is InChI=1S/C18H27N3O4S/c1-25-16-6-4-3-5-15(16)20-11-13-21(14-12-20)17(22)18(26(2,23)24)7-9-19-10-8-18/h3-6,19H,7-14H2,1-2H3. The van der Waals surface area contributed by atoms with E-state index >= 15 is 0 Å². The third kappa shape index (κ3) is 3.40. The number of ether oxygens (including phenoxy) is 1. The van der Waals surface area contributed by atoms with Crippen LogP contribution in [-0.2, 0) is 14.6 Å². The molecule has 0 spiro atoms. The van der Waals surface area contributed by atoms with Crippen LogP contribution in [0.15, 0.2) is 24.3 Å². The van der Waals surface area contributed by atoms with Gasteiger partial charge < -0.3 is 19.9 Å². The summed E-state index contributed by atoms with van der Waals surface area (Å²) in [5.74, 6) is 0.569. The van der Waals surface area contributed by atoms with Gasteiger partial charge in [-0.15, -0.1) is 0 Å². The van der Waals surface area contributed by atoms with Crippen LogP contribution in [0.3, 0.4) is 0 Å². The predicted molar refractivity (Wildman–Crippen MR) is 101 cm³/mol. The van der Waals surface area contributed by atoms with E-state index in [2.05, 4.69) is 10.2 Å². The molecule has 1 aromatic rings. The summed E-state index contributed by atoms with van der Waals surface area (Å²) in [5, 5.41) is 3.15. The second-order valence-corrected chi connectivity index (χ2v) is 9.29. The van der Waals surface area contributed by atoms with Crippen LogP contribution >= 0.6 is 0 Å². The van der Waals surface area contributed by atoms with E-state index in [4.69, 9.17) is 4.74 Å². The summed E-state index contributed by atoms with van der Waals surface area (Å²) in [4.78, 5) is 17.1. The molecule has 0 unspecified atom stereocenters. The van der Waals surface area contributed by atoms with Gasteiger partial charge in [0.2, 0.25) is 5.91 Å². The van der Waals surface area contributed by atoms with Crippen molar-refractivity contribution in [2.24, 2.45) is 0 Å². The minimum absolute atomic E-state index is 0.235. The van der Waals surface area contributed by atoms with Crippen LogP contribution in [0.2, 0.25) is 0 Å². The fraction of sp³-hybridized carbons (Fsp3) is 0.611. The first kappa shape index (κ1) is 19.0. The molecule has 0 radical (unpaired) electrons. The molecular weight excluding hydrogens is 354 g/mol. The molecule has 0 bridgehead atoms. The SMILES string of the molecule is COc1ccccc1N1CCN(C(=O)C2(S(C)(=O)=O)CCNCC2)CC1. The highest BCUT2D eigenvalue weighted by molar-refractivity contribution is 7.92. The Labute approximate surface area is 155 Å². The van der Waals surface area contributed by atoms with Crippen molar-refractivity contribution < 1.29 is 17.9 Å². The van der Waals surface area contributed by atoms with Gasteiger partial charge in [-0.2, -0.15) is 0 Å². The molecule has 26 heavy (non-hydrogen) atoms. The molecule has 2 fully saturated rings. The lowest BCUT2D eigenvalue weighted by Gasteiger charge is -2.42. The quantitative estimate of drug-likeness (QED) is 0.819. The maximum atomic E-state index is 13.2. The second-order valence-electron chi connectivity index (χ2n) is 6.97. The topological polar surface area (TPSA) is 79.0 Å². The Balaban J connectivity index is 1.74. The first-order valence-electron chi connectivity index (χ1n) is 8.97. The number of piperazine rings is 1. The number of nitrogens with zero attached hydrogens (tertiary/aromatic N) is 2. The van der Waals surface area contributed by atoms with Gasteiger partial charge in [0.05, 0.1) is 12.8 Å². The van der Waals surface area contributed by atoms with Gasteiger partial charge in [-0.3, -0.25) is 4.79 Å². The van der Waals surface area contributed by atoms with Gasteiger partial charge in [0, 0.05) is 32.4 Å². The summed E-state index contributed by atoms with van der Waals surface area (Å²) in [6, 6.07) is 7.81. The monoisotopic (exact) mass is 381 g/mol. The zero-order chi connectivity index (χ0) is 18.8. The summed E-state index contributed by atoms with van der Waals surface area (Å²) < 4.78 is 29.1. The molecule has 0 saturated carbocycles. The Morgan fingerprint density at radius 2 is 1.73 bits per heavy atom. The Bertz CT molecular complexity index is 751. The number of benzene rings is 1. The fourth-order valence-corrected chi connectivity index (χ4v) is 5.30. The molecule has 7 nitrogen and oxygen atoms in total. The van der Waals surface area contributed by atoms with E-state index in [1.54, 1.807) is 12.0 Å². The van der Waals surface area contributed by atoms with Crippen molar-refractivity contribution in [3.63, 3.8) is 0 Å². The number of methoxy groups -OCH3 is 1. The number of rotatable bonds is 4. The van der Waals surface area contributed by atoms with Gasteiger partial charge in [0.1, 0.15) is 5.75 Å². The number of para-hydroxylation sites is 2. The maximum Gasteiger partial charge on any atom is 0.244 e. The van der Waals surface area contributed by atoms with Crippen molar-refractivity contribution in [2.45, 2.75) is 17.6 Å². The lowest BCUT2D eigenvalue weighted by molar-refractivity contribution is -0.135. The number of carbonyl (C=O) groups excluding carboxylic acids is 1. The Morgan fingerprint density at radius 1 is 1.12 bits per heavy atom. The van der Waals surface area contributed by atoms with Gasteiger partial charge in [0.15, 0.2) is 14.6 Å². The fourth-order valence-electron chi connectivity index (χ4n) is 3.90. The summed E-state index contributed by atoms with van der Waals surface area (Å²) >= 11 is 0. The largest absolute Gasteiger partial charge is 0.495 e. The van der Waals surface area contributed by atoms with Crippen LogP contribution < -0.4 is 15.0 Å². The molecule has 2 aliphatic rings. The second kappa shape index (κ2) is 7.44. The van der Waals surface area contributed by atoms with Gasteiger partial charge in [-0.05, 0) is 38.1 Å². The van der Waals surface area contributed by atoms with Crippen LogP contribution in [-0.4, -0.2) is 76.6 Å². The summed E-state index contributed by atoms with van der Waals surface area (Å²) in [7, 11) is -1.83. The van der Waals surface area contributed by atoms with Crippen molar-refractivity contribution >= 4 is 21.4 Å². The minimum atomic E-state index is -3.48. The molecule has 144 valence electrons. The molecule has 0 aliphatic carbocycles. The number of carbonyl (C=O) groups is 1. The molecule has 1 amide bonds. The molecule has 2 heterocycles. The lowest BCUT2D eigenvalue weighted by Crippen LogP contribution is -2.61. The minimum Gasteiger partial charge on any atom is -0.495 e. The first-order valence-corrected chi connectivity index (χ1v) is 10.9. The van der Waals surface area contributed by atoms with Gasteiger partial charge in [0.25, 0.3) is 0 Å². The third-order valence-electron chi connectivity index (χ3n) is 5.50. The molecule has 1 aromatic carbocycles. The van der Waals surface area contributed by atoms with Crippen molar-refractivity contribution in [1.29, 1.82) is 0 Å². The average Bonchev–Trinajstić information content (AvgIpc) is 2.67. The van der Waals surface area contributed by atoms with Gasteiger partial charge in [-0.25, -0.2) is 8.42 Å². The number of hydrogen-bond acceptors (Lipinski definition) is 6. The van der Waals surface area contributed by atoms with Gasteiger partial charge in [-0.1, -0.05) is 12.1 Å². The average molecular weight is 381 g/mol. The normalized spacial score (nSPS) is 20.7. The highest BCUT2D eigenvalue weighted by Crippen LogP contribution is 2.32. The molecule has 0 atom stereocenters. The number of amides is 1. The Morgan fingerprint density at radius 3 is 2.31 bits per heavy atom. The van der Waals surface area contributed by atoms with E-state index in [0.717, 1.165) is 11.4 Å². The Hall–Kier alpha value is -1.80. The van der Waals surface area contributed by atoms with Crippen LogP contribution in [0.4, 0.5) is 5.69 Å². The van der Waals surface area contributed by atoms with E-state index in [1.165, 1.54) is 6.26 Å². The molecule has 1 N–H and O–H groups in total. The summed E-state index contributed by atoms with van der Waals surface area (Å²) in [5.41, 5.74) is 1.00. The van der Waals surface area contributed by atoms with E-state index < -0.39 is 14.6 Å². The Kier molecular flexibility index (Phi) is 5.43. The number of hydrogen-bond donors (Lipinski definition) is 1. The van der Waals surface area contributed by atoms with Crippen LogP contribution in [0.25, 0.3) is 0 Å². The highest BCUT2D eigenvalue weighted by atomic mass is 32.2. The summed E-state index contributed by atoms with van der Waals surface area (Å²) in [6.45, 7) is 3.46. The van der Waals surface area contributed by atoms with E-state index in [0.29, 0.717) is 52.1 Å². The summed E-state index contributed by atoms with van der Waals surface area (Å²) in [6.07, 6.45) is 1.89. The third-order valence-corrected chi connectivity index (χ3v) is 7.51. The van der Waals surface area contributed by atoms with E-state index in [1.807, 2.05) is 24.3 Å². The molecule has 2 saturated heterocycles. The van der Waals surface area contributed by atoms with Crippen molar-refractivity contribution in [2.75, 3.05) is 57.5 Å². The number of nitrogens with one attached hydrogen (secondary N) is 1. The zero-order valence-corrected chi connectivity index (χ0v) is 16.2.